The molecule has 4 nitrogen and oxygen atoms in total. The highest BCUT2D eigenvalue weighted by molar-refractivity contribution is 5.91. The Morgan fingerprint density at radius 1 is 0.824 bits per heavy atom. The van der Waals surface area contributed by atoms with Crippen molar-refractivity contribution in [3.8, 4) is 22.6 Å². The molecule has 0 radical (unpaired) electrons. The fourth-order valence-electron chi connectivity index (χ4n) is 4.37. The van der Waals surface area contributed by atoms with Crippen molar-refractivity contribution in [2.45, 2.75) is 37.7 Å². The molecular weight excluding hydrogens is 445 g/mol. The molecule has 3 aromatic carbocycles. The van der Waals surface area contributed by atoms with E-state index in [2.05, 4.69) is 0 Å². The number of esters is 1. The Balaban J connectivity index is 1.48. The van der Waals surface area contributed by atoms with Crippen molar-refractivity contribution in [3.63, 3.8) is 0 Å². The van der Waals surface area contributed by atoms with Crippen LogP contribution in [0.3, 0.4) is 0 Å². The van der Waals surface area contributed by atoms with Gasteiger partial charge in [0.25, 0.3) is 0 Å². The molecule has 0 N–H and O–H groups in total. The monoisotopic (exact) mass is 470 g/mol. The quantitative estimate of drug-likeness (QED) is 0.298. The van der Waals surface area contributed by atoms with Crippen molar-refractivity contribution < 1.29 is 32.2 Å². The average molecular weight is 470 g/mol. The van der Waals surface area contributed by atoms with Crippen LogP contribution in [-0.2, 0) is 4.74 Å². The smallest absolute Gasteiger partial charge is 0.346 e. The van der Waals surface area contributed by atoms with Crippen LogP contribution in [0.1, 0.15) is 47.5 Å². The van der Waals surface area contributed by atoms with E-state index in [1.165, 1.54) is 43.5 Å². The maximum atomic E-state index is 14.9. The number of halogens is 3. The molecule has 0 aliphatic heterocycles. The van der Waals surface area contributed by atoms with Gasteiger partial charge in [-0.25, -0.2) is 18.0 Å². The number of carbonyl (C=O) groups excluding carboxylic acids is 1. The van der Waals surface area contributed by atoms with Gasteiger partial charge >= 0.3 is 5.97 Å². The fourth-order valence-corrected chi connectivity index (χ4v) is 4.37. The summed E-state index contributed by atoms with van der Waals surface area (Å²) in [7, 11) is 3.06. The van der Waals surface area contributed by atoms with Gasteiger partial charge in [-0.1, -0.05) is 24.3 Å². The van der Waals surface area contributed by atoms with Crippen molar-refractivity contribution in [3.05, 3.63) is 83.2 Å². The number of benzene rings is 3. The molecule has 0 saturated heterocycles. The van der Waals surface area contributed by atoms with E-state index < -0.39 is 23.4 Å². The Bertz CT molecular complexity index is 1170. The van der Waals surface area contributed by atoms with Crippen LogP contribution >= 0.6 is 0 Å². The van der Waals surface area contributed by atoms with Gasteiger partial charge in [0.15, 0.2) is 11.6 Å². The van der Waals surface area contributed by atoms with Crippen molar-refractivity contribution in [2.75, 3.05) is 14.2 Å². The maximum absolute atomic E-state index is 14.9. The number of hydrogen-bond donors (Lipinski definition) is 0. The summed E-state index contributed by atoms with van der Waals surface area (Å²) in [5.41, 5.74) is 0.698. The molecule has 1 saturated carbocycles. The first-order chi connectivity index (χ1) is 16.4. The molecule has 0 heterocycles. The van der Waals surface area contributed by atoms with Crippen molar-refractivity contribution in [1.29, 1.82) is 0 Å². The zero-order valence-corrected chi connectivity index (χ0v) is 18.9. The third kappa shape index (κ3) is 4.94. The Hall–Kier alpha value is -3.32. The third-order valence-corrected chi connectivity index (χ3v) is 6.33. The predicted molar refractivity (Wildman–Crippen MR) is 122 cm³/mol. The van der Waals surface area contributed by atoms with Crippen LogP contribution in [0.15, 0.2) is 54.6 Å². The highest BCUT2D eigenvalue weighted by atomic mass is 19.2. The van der Waals surface area contributed by atoms with Gasteiger partial charge in [0, 0.05) is 18.7 Å². The Labute approximate surface area is 196 Å². The maximum Gasteiger partial charge on any atom is 0.346 e. The topological polar surface area (TPSA) is 44.8 Å². The Morgan fingerprint density at radius 3 is 2.12 bits per heavy atom. The molecule has 0 spiro atoms. The molecule has 4 rings (SSSR count). The van der Waals surface area contributed by atoms with Crippen molar-refractivity contribution in [1.82, 2.24) is 0 Å². The van der Waals surface area contributed by atoms with Gasteiger partial charge in [-0.2, -0.15) is 0 Å². The van der Waals surface area contributed by atoms with E-state index >= 15 is 0 Å². The summed E-state index contributed by atoms with van der Waals surface area (Å²) in [6, 6.07) is 13.0. The molecule has 178 valence electrons. The lowest BCUT2D eigenvalue weighted by atomic mass is 9.82. The second-order valence-electron chi connectivity index (χ2n) is 8.30. The Morgan fingerprint density at radius 2 is 1.50 bits per heavy atom. The van der Waals surface area contributed by atoms with Crippen LogP contribution in [0.25, 0.3) is 11.1 Å². The van der Waals surface area contributed by atoms with Crippen LogP contribution in [0.4, 0.5) is 13.2 Å². The third-order valence-electron chi connectivity index (χ3n) is 6.33. The lowest BCUT2D eigenvalue weighted by molar-refractivity contribution is 0.0655. The first-order valence-corrected chi connectivity index (χ1v) is 11.1. The van der Waals surface area contributed by atoms with E-state index in [1.54, 1.807) is 19.2 Å². The summed E-state index contributed by atoms with van der Waals surface area (Å²) in [6.07, 6.45) is 3.33. The molecule has 0 bridgehead atoms. The van der Waals surface area contributed by atoms with E-state index in [9.17, 15) is 18.0 Å². The zero-order chi connectivity index (χ0) is 24.2. The predicted octanol–water partition coefficient (Wildman–Crippen LogP) is 6.67. The van der Waals surface area contributed by atoms with Gasteiger partial charge in [0.1, 0.15) is 17.3 Å². The molecule has 1 fully saturated rings. The van der Waals surface area contributed by atoms with Crippen LogP contribution in [-0.4, -0.2) is 26.3 Å². The molecule has 1 aliphatic rings. The van der Waals surface area contributed by atoms with Gasteiger partial charge in [0.2, 0.25) is 0 Å². The summed E-state index contributed by atoms with van der Waals surface area (Å²) < 4.78 is 59.5. The lowest BCUT2D eigenvalue weighted by Gasteiger charge is -2.28. The number of hydrogen-bond acceptors (Lipinski definition) is 4. The molecule has 3 aromatic rings. The van der Waals surface area contributed by atoms with Gasteiger partial charge < -0.3 is 14.2 Å². The minimum Gasteiger partial charge on any atom is -0.497 e. The van der Waals surface area contributed by atoms with E-state index in [4.69, 9.17) is 14.2 Å². The van der Waals surface area contributed by atoms with Crippen LogP contribution in [0.2, 0.25) is 0 Å². The van der Waals surface area contributed by atoms with Gasteiger partial charge in [-0.05, 0) is 67.0 Å². The van der Waals surface area contributed by atoms with Gasteiger partial charge in [-0.15, -0.1) is 0 Å². The van der Waals surface area contributed by atoms with Crippen LogP contribution in [0.5, 0.6) is 11.5 Å². The van der Waals surface area contributed by atoms with E-state index in [1.807, 2.05) is 0 Å². The zero-order valence-electron chi connectivity index (χ0n) is 18.9. The minimum absolute atomic E-state index is 0.0323. The van der Waals surface area contributed by atoms with Crippen LogP contribution < -0.4 is 9.47 Å². The normalized spacial score (nSPS) is 17.9. The van der Waals surface area contributed by atoms with E-state index in [-0.39, 0.29) is 34.6 Å². The molecule has 0 atom stereocenters. The minimum atomic E-state index is -0.906. The summed E-state index contributed by atoms with van der Waals surface area (Å²) in [4.78, 5) is 12.3. The van der Waals surface area contributed by atoms with Gasteiger partial charge in [-0.3, -0.25) is 0 Å². The molecule has 1 aliphatic carbocycles. The first kappa shape index (κ1) is 23.8. The van der Waals surface area contributed by atoms with E-state index in [0.717, 1.165) is 31.7 Å². The summed E-state index contributed by atoms with van der Waals surface area (Å²) in [5.74, 6) is -2.99. The highest BCUT2D eigenvalue weighted by Crippen LogP contribution is 2.38. The second kappa shape index (κ2) is 10.3. The molecular formula is C27H25F3O4. The summed E-state index contributed by atoms with van der Waals surface area (Å²) >= 11 is 0. The van der Waals surface area contributed by atoms with Crippen molar-refractivity contribution >= 4 is 5.97 Å². The Kier molecular flexibility index (Phi) is 7.22. The highest BCUT2D eigenvalue weighted by Gasteiger charge is 2.26. The molecule has 34 heavy (non-hydrogen) atoms. The summed E-state index contributed by atoms with van der Waals surface area (Å²) in [5, 5.41) is 0. The number of ether oxygens (including phenoxy) is 3. The van der Waals surface area contributed by atoms with Crippen molar-refractivity contribution in [2.24, 2.45) is 0 Å². The molecule has 0 amide bonds. The summed E-state index contributed by atoms with van der Waals surface area (Å²) in [6.45, 7) is 0. The number of rotatable bonds is 6. The first-order valence-electron chi connectivity index (χ1n) is 11.1. The van der Waals surface area contributed by atoms with Crippen LogP contribution in [0, 0.1) is 17.5 Å². The largest absolute Gasteiger partial charge is 0.497 e. The van der Waals surface area contributed by atoms with E-state index in [0.29, 0.717) is 11.1 Å². The second-order valence-corrected chi connectivity index (χ2v) is 8.30. The number of carbonyl (C=O) groups is 1. The average Bonchev–Trinajstić information content (AvgIpc) is 2.86. The van der Waals surface area contributed by atoms with Gasteiger partial charge in [0.05, 0.1) is 18.8 Å². The molecule has 7 heteroatoms. The molecule has 0 unspecified atom stereocenters. The number of methoxy groups -OCH3 is 2. The standard InChI is InChI=1S/C27H25F3O4/c1-32-18-7-3-16(4-8-18)21-13-14-22(26(30)25(21)29)17-5-9-19(10-6-17)34-27(31)23-12-11-20(33-2)15-24(23)28/h5-6,9-16,18H,3-4,7-8H2,1-2H3. The molecule has 0 aromatic heterocycles. The SMILES string of the molecule is COc1ccc(C(=O)Oc2ccc(-c3ccc(C4CCC(OC)CC4)c(F)c3F)cc2)c(F)c1. The lowest BCUT2D eigenvalue weighted by Crippen LogP contribution is -2.20. The fraction of sp³-hybridized carbons (Fsp3) is 0.296.